The van der Waals surface area contributed by atoms with Crippen LogP contribution in [0.3, 0.4) is 0 Å². The number of hydrogen-bond donors (Lipinski definition) is 1. The van der Waals surface area contributed by atoms with E-state index >= 15 is 0 Å². The maximum absolute atomic E-state index is 12.8. The molecular weight excluding hydrogens is 321 g/mol. The summed E-state index contributed by atoms with van der Waals surface area (Å²) in [5, 5.41) is 2.66. The zero-order chi connectivity index (χ0) is 18.1. The van der Waals surface area contributed by atoms with Gasteiger partial charge in [0, 0.05) is 11.6 Å². The maximum atomic E-state index is 12.8. The Balaban J connectivity index is 1.88. The molecule has 1 amide bonds. The number of carbonyl (C=O) groups is 1. The Morgan fingerprint density at radius 2 is 1.84 bits per heavy atom. The van der Waals surface area contributed by atoms with Gasteiger partial charge in [0.25, 0.3) is 0 Å². The molecule has 4 nitrogen and oxygen atoms in total. The number of nitrogens with one attached hydrogen (secondary N) is 1. The summed E-state index contributed by atoms with van der Waals surface area (Å²) in [6.07, 6.45) is 3.09. The summed E-state index contributed by atoms with van der Waals surface area (Å²) in [5.41, 5.74) is 1.50. The smallest absolute Gasteiger partial charge is 0.244 e. The van der Waals surface area contributed by atoms with Crippen molar-refractivity contribution in [1.29, 1.82) is 0 Å². The Hall–Kier alpha value is -3.26. The predicted molar refractivity (Wildman–Crippen MR) is 94.9 cm³/mol. The molecule has 128 valence electrons. The van der Waals surface area contributed by atoms with Crippen molar-refractivity contribution < 1.29 is 18.7 Å². The number of benzene rings is 2. The second kappa shape index (κ2) is 9.14. The van der Waals surface area contributed by atoms with Crippen LogP contribution >= 0.6 is 0 Å². The van der Waals surface area contributed by atoms with E-state index in [0.717, 1.165) is 5.56 Å². The van der Waals surface area contributed by atoms with Crippen molar-refractivity contribution in [3.8, 4) is 23.3 Å². The standard InChI is InChI=1S/C20H18FNO3/c1-24-18-11-7-16(14-19(18)25-2)8-12-20(23)22-13-3-4-15-5-9-17(21)10-6-15/h5-12,14H,13H2,1-2H3,(H,22,23)/b12-8+. The fraction of sp³-hybridized carbons (Fsp3) is 0.150. The molecular formula is C20H18FNO3. The van der Waals surface area contributed by atoms with Crippen LogP contribution in [0, 0.1) is 17.7 Å². The zero-order valence-electron chi connectivity index (χ0n) is 14.0. The number of amides is 1. The SMILES string of the molecule is COc1ccc(/C=C/C(=O)NCC#Cc2ccc(F)cc2)cc1OC. The lowest BCUT2D eigenvalue weighted by Gasteiger charge is -2.07. The molecule has 0 heterocycles. The van der Waals surface area contributed by atoms with Crippen LogP contribution in [0.5, 0.6) is 11.5 Å². The van der Waals surface area contributed by atoms with E-state index in [9.17, 15) is 9.18 Å². The predicted octanol–water partition coefficient (Wildman–Crippen LogP) is 3.02. The van der Waals surface area contributed by atoms with Crippen LogP contribution in [0.15, 0.2) is 48.5 Å². The van der Waals surface area contributed by atoms with Gasteiger partial charge in [0.05, 0.1) is 20.8 Å². The third-order valence-corrected chi connectivity index (χ3v) is 3.26. The minimum absolute atomic E-state index is 0.201. The lowest BCUT2D eigenvalue weighted by atomic mass is 10.2. The van der Waals surface area contributed by atoms with Crippen molar-refractivity contribution in [2.45, 2.75) is 0 Å². The third kappa shape index (κ3) is 5.70. The highest BCUT2D eigenvalue weighted by atomic mass is 19.1. The van der Waals surface area contributed by atoms with Crippen molar-refractivity contribution in [1.82, 2.24) is 5.32 Å². The number of hydrogen-bond acceptors (Lipinski definition) is 3. The molecule has 0 radical (unpaired) electrons. The first kappa shape index (κ1) is 18.1. The Labute approximate surface area is 146 Å². The highest BCUT2D eigenvalue weighted by molar-refractivity contribution is 5.91. The summed E-state index contributed by atoms with van der Waals surface area (Å²) in [5.74, 6) is 6.30. The van der Waals surface area contributed by atoms with E-state index in [0.29, 0.717) is 17.1 Å². The number of ether oxygens (including phenoxy) is 2. The first-order valence-electron chi connectivity index (χ1n) is 7.55. The Bertz CT molecular complexity index is 817. The molecule has 0 fully saturated rings. The van der Waals surface area contributed by atoms with E-state index in [1.807, 2.05) is 6.07 Å². The maximum Gasteiger partial charge on any atom is 0.244 e. The van der Waals surface area contributed by atoms with Crippen molar-refractivity contribution in [2.24, 2.45) is 0 Å². The fourth-order valence-corrected chi connectivity index (χ4v) is 2.00. The first-order chi connectivity index (χ1) is 12.1. The van der Waals surface area contributed by atoms with Gasteiger partial charge in [0.15, 0.2) is 11.5 Å². The summed E-state index contributed by atoms with van der Waals surface area (Å²) in [6.45, 7) is 0.201. The lowest BCUT2D eigenvalue weighted by Crippen LogP contribution is -2.20. The molecule has 0 aliphatic heterocycles. The van der Waals surface area contributed by atoms with Crippen LogP contribution in [0.1, 0.15) is 11.1 Å². The van der Waals surface area contributed by atoms with E-state index in [4.69, 9.17) is 9.47 Å². The average molecular weight is 339 g/mol. The number of methoxy groups -OCH3 is 2. The van der Waals surface area contributed by atoms with Gasteiger partial charge in [-0.15, -0.1) is 0 Å². The summed E-state index contributed by atoms with van der Waals surface area (Å²) < 4.78 is 23.1. The number of carbonyl (C=O) groups excluding carboxylic acids is 1. The highest BCUT2D eigenvalue weighted by Crippen LogP contribution is 2.27. The van der Waals surface area contributed by atoms with Gasteiger partial charge >= 0.3 is 0 Å². The molecule has 0 aliphatic rings. The van der Waals surface area contributed by atoms with Crippen molar-refractivity contribution >= 4 is 12.0 Å². The van der Waals surface area contributed by atoms with Crippen LogP contribution in [0.4, 0.5) is 4.39 Å². The van der Waals surface area contributed by atoms with Crippen LogP contribution in [0.2, 0.25) is 0 Å². The molecule has 2 aromatic rings. The second-order valence-corrected chi connectivity index (χ2v) is 4.97. The second-order valence-electron chi connectivity index (χ2n) is 4.97. The molecule has 0 aliphatic carbocycles. The van der Waals surface area contributed by atoms with Gasteiger partial charge in [0.1, 0.15) is 5.82 Å². The van der Waals surface area contributed by atoms with E-state index in [1.165, 1.54) is 18.2 Å². The molecule has 0 unspecified atom stereocenters. The lowest BCUT2D eigenvalue weighted by molar-refractivity contribution is -0.116. The molecule has 2 aromatic carbocycles. The molecule has 2 rings (SSSR count). The third-order valence-electron chi connectivity index (χ3n) is 3.26. The summed E-state index contributed by atoms with van der Waals surface area (Å²) in [7, 11) is 3.12. The van der Waals surface area contributed by atoms with Crippen LogP contribution < -0.4 is 14.8 Å². The number of rotatable bonds is 5. The summed E-state index contributed by atoms with van der Waals surface area (Å²) in [4.78, 5) is 11.8. The van der Waals surface area contributed by atoms with E-state index in [1.54, 1.807) is 44.6 Å². The monoisotopic (exact) mass is 339 g/mol. The van der Waals surface area contributed by atoms with Crippen molar-refractivity contribution in [2.75, 3.05) is 20.8 Å². The fourth-order valence-electron chi connectivity index (χ4n) is 2.00. The molecule has 0 saturated carbocycles. The minimum atomic E-state index is -0.306. The molecule has 0 bridgehead atoms. The summed E-state index contributed by atoms with van der Waals surface area (Å²) >= 11 is 0. The first-order valence-corrected chi connectivity index (χ1v) is 7.55. The van der Waals surface area contributed by atoms with E-state index < -0.39 is 0 Å². The van der Waals surface area contributed by atoms with Crippen molar-refractivity contribution in [3.63, 3.8) is 0 Å². The van der Waals surface area contributed by atoms with Crippen LogP contribution in [-0.4, -0.2) is 26.7 Å². The molecule has 1 N–H and O–H groups in total. The zero-order valence-corrected chi connectivity index (χ0v) is 14.0. The van der Waals surface area contributed by atoms with Crippen LogP contribution in [0.25, 0.3) is 6.08 Å². The van der Waals surface area contributed by atoms with Gasteiger partial charge < -0.3 is 14.8 Å². The van der Waals surface area contributed by atoms with Gasteiger partial charge in [-0.3, -0.25) is 4.79 Å². The van der Waals surface area contributed by atoms with Gasteiger partial charge in [-0.1, -0.05) is 17.9 Å². The Kier molecular flexibility index (Phi) is 6.61. The Morgan fingerprint density at radius 1 is 1.12 bits per heavy atom. The number of halogens is 1. The molecule has 0 aromatic heterocycles. The quantitative estimate of drug-likeness (QED) is 0.673. The average Bonchev–Trinajstić information content (AvgIpc) is 2.64. The topological polar surface area (TPSA) is 47.6 Å². The Morgan fingerprint density at radius 3 is 2.52 bits per heavy atom. The van der Waals surface area contributed by atoms with Gasteiger partial charge in [-0.05, 0) is 48.0 Å². The molecule has 25 heavy (non-hydrogen) atoms. The molecule has 0 saturated heterocycles. The van der Waals surface area contributed by atoms with Crippen LogP contribution in [-0.2, 0) is 4.79 Å². The molecule has 0 spiro atoms. The van der Waals surface area contributed by atoms with Gasteiger partial charge in [-0.2, -0.15) is 0 Å². The summed E-state index contributed by atoms with van der Waals surface area (Å²) in [6, 6.07) is 11.2. The van der Waals surface area contributed by atoms with E-state index in [-0.39, 0.29) is 18.3 Å². The normalized spacial score (nSPS) is 10.0. The molecule has 5 heteroatoms. The van der Waals surface area contributed by atoms with E-state index in [2.05, 4.69) is 17.2 Å². The van der Waals surface area contributed by atoms with Gasteiger partial charge in [0.2, 0.25) is 5.91 Å². The minimum Gasteiger partial charge on any atom is -0.493 e. The largest absolute Gasteiger partial charge is 0.493 e. The van der Waals surface area contributed by atoms with Crippen molar-refractivity contribution in [3.05, 3.63) is 65.5 Å². The highest BCUT2D eigenvalue weighted by Gasteiger charge is 2.03. The van der Waals surface area contributed by atoms with Gasteiger partial charge in [-0.25, -0.2) is 4.39 Å². The molecule has 0 atom stereocenters.